The SMILES string of the molecule is COc1cc(/C=C(OC(C)=O)/C(=C\c2cc(OC)cc(OC)c2)OC(C)=O)cc(OC)c1. The number of ether oxygens (including phenoxy) is 6. The van der Waals surface area contributed by atoms with Crippen molar-refractivity contribution in [3.8, 4) is 23.0 Å². The van der Waals surface area contributed by atoms with Crippen LogP contribution in [0.3, 0.4) is 0 Å². The fourth-order valence-corrected chi connectivity index (χ4v) is 2.74. The van der Waals surface area contributed by atoms with E-state index in [2.05, 4.69) is 0 Å². The zero-order chi connectivity index (χ0) is 23.7. The highest BCUT2D eigenvalue weighted by atomic mass is 16.6. The fourth-order valence-electron chi connectivity index (χ4n) is 2.74. The van der Waals surface area contributed by atoms with E-state index >= 15 is 0 Å². The standard InChI is InChI=1S/C24H26O8/c1-15(25)31-23(11-17-7-19(27-3)13-20(8-17)28-4)24(32-16(2)26)12-18-9-21(29-5)14-22(10-18)30-6/h7-14H,1-6H3/b23-11-,24-12+. The Bertz CT molecular complexity index is 908. The lowest BCUT2D eigenvalue weighted by molar-refractivity contribution is -0.141. The van der Waals surface area contributed by atoms with Crippen molar-refractivity contribution >= 4 is 24.1 Å². The van der Waals surface area contributed by atoms with Gasteiger partial charge in [-0.05, 0) is 47.5 Å². The van der Waals surface area contributed by atoms with Crippen molar-refractivity contribution in [3.05, 3.63) is 59.0 Å². The molecule has 0 atom stereocenters. The third kappa shape index (κ3) is 7.09. The Kier molecular flexibility index (Phi) is 8.71. The second-order valence-corrected chi connectivity index (χ2v) is 6.50. The van der Waals surface area contributed by atoms with E-state index in [0.29, 0.717) is 34.1 Å². The molecule has 0 aromatic heterocycles. The van der Waals surface area contributed by atoms with Crippen molar-refractivity contribution in [1.82, 2.24) is 0 Å². The number of carbonyl (C=O) groups is 2. The Morgan fingerprint density at radius 2 is 0.844 bits per heavy atom. The third-order valence-electron chi connectivity index (χ3n) is 4.09. The van der Waals surface area contributed by atoms with E-state index in [1.165, 1.54) is 42.3 Å². The number of hydrogen-bond acceptors (Lipinski definition) is 8. The molecule has 170 valence electrons. The maximum Gasteiger partial charge on any atom is 0.308 e. The van der Waals surface area contributed by atoms with E-state index in [1.54, 1.807) is 48.6 Å². The summed E-state index contributed by atoms with van der Waals surface area (Å²) in [5.74, 6) is 0.998. The highest BCUT2D eigenvalue weighted by Crippen LogP contribution is 2.29. The summed E-state index contributed by atoms with van der Waals surface area (Å²) in [4.78, 5) is 23.6. The molecule has 0 unspecified atom stereocenters. The second-order valence-electron chi connectivity index (χ2n) is 6.50. The van der Waals surface area contributed by atoms with Crippen molar-refractivity contribution < 1.29 is 38.0 Å². The molecular formula is C24H26O8. The summed E-state index contributed by atoms with van der Waals surface area (Å²) in [5.41, 5.74) is 1.19. The maximum atomic E-state index is 11.8. The van der Waals surface area contributed by atoms with Gasteiger partial charge in [0, 0.05) is 26.0 Å². The lowest BCUT2D eigenvalue weighted by Crippen LogP contribution is -2.07. The van der Waals surface area contributed by atoms with Gasteiger partial charge < -0.3 is 28.4 Å². The first-order chi connectivity index (χ1) is 15.3. The molecule has 0 amide bonds. The first kappa shape index (κ1) is 24.3. The van der Waals surface area contributed by atoms with Crippen LogP contribution in [0.5, 0.6) is 23.0 Å². The van der Waals surface area contributed by atoms with Crippen LogP contribution < -0.4 is 18.9 Å². The molecule has 2 aromatic rings. The number of esters is 2. The number of rotatable bonds is 9. The van der Waals surface area contributed by atoms with Gasteiger partial charge in [0.15, 0.2) is 11.5 Å². The van der Waals surface area contributed by atoms with Crippen molar-refractivity contribution in [2.24, 2.45) is 0 Å². The van der Waals surface area contributed by atoms with Crippen LogP contribution in [0.1, 0.15) is 25.0 Å². The Hall–Kier alpha value is -3.94. The van der Waals surface area contributed by atoms with Gasteiger partial charge in [-0.1, -0.05) is 0 Å². The van der Waals surface area contributed by atoms with Crippen LogP contribution in [0.15, 0.2) is 47.9 Å². The zero-order valence-corrected chi connectivity index (χ0v) is 18.9. The summed E-state index contributed by atoms with van der Waals surface area (Å²) in [5, 5.41) is 0. The maximum absolute atomic E-state index is 11.8. The molecule has 2 rings (SSSR count). The highest BCUT2D eigenvalue weighted by Gasteiger charge is 2.16. The van der Waals surface area contributed by atoms with Gasteiger partial charge in [0.25, 0.3) is 0 Å². The van der Waals surface area contributed by atoms with Crippen LogP contribution in [0.2, 0.25) is 0 Å². The van der Waals surface area contributed by atoms with E-state index in [4.69, 9.17) is 28.4 Å². The molecule has 2 aromatic carbocycles. The summed E-state index contributed by atoms with van der Waals surface area (Å²) in [6, 6.07) is 10.3. The molecule has 0 aliphatic carbocycles. The number of benzene rings is 2. The van der Waals surface area contributed by atoms with Crippen LogP contribution in [0, 0.1) is 0 Å². The van der Waals surface area contributed by atoms with Crippen LogP contribution in [0.25, 0.3) is 12.2 Å². The van der Waals surface area contributed by atoms with Gasteiger partial charge in [-0.15, -0.1) is 0 Å². The molecule has 0 radical (unpaired) electrons. The quantitative estimate of drug-likeness (QED) is 0.324. The molecule has 0 aliphatic rings. The first-order valence-corrected chi connectivity index (χ1v) is 9.54. The smallest absolute Gasteiger partial charge is 0.308 e. The third-order valence-corrected chi connectivity index (χ3v) is 4.09. The molecule has 0 spiro atoms. The fraction of sp³-hybridized carbons (Fsp3) is 0.250. The molecule has 0 saturated heterocycles. The minimum atomic E-state index is -0.590. The predicted octanol–water partition coefficient (Wildman–Crippen LogP) is 4.23. The Morgan fingerprint density at radius 3 is 1.06 bits per heavy atom. The summed E-state index contributed by atoms with van der Waals surface area (Å²) in [6.45, 7) is 2.50. The average Bonchev–Trinajstić information content (AvgIpc) is 2.76. The monoisotopic (exact) mass is 442 g/mol. The van der Waals surface area contributed by atoms with Crippen LogP contribution >= 0.6 is 0 Å². The highest BCUT2D eigenvalue weighted by molar-refractivity contribution is 5.76. The van der Waals surface area contributed by atoms with Gasteiger partial charge in [0.2, 0.25) is 0 Å². The first-order valence-electron chi connectivity index (χ1n) is 9.54. The topological polar surface area (TPSA) is 89.5 Å². The summed E-state index contributed by atoms with van der Waals surface area (Å²) in [6.07, 6.45) is 3.08. The Morgan fingerprint density at radius 1 is 0.562 bits per heavy atom. The van der Waals surface area contributed by atoms with Crippen LogP contribution in [-0.2, 0) is 19.1 Å². The lowest BCUT2D eigenvalue weighted by Gasteiger charge is -2.13. The lowest BCUT2D eigenvalue weighted by atomic mass is 10.1. The molecule has 0 aliphatic heterocycles. The van der Waals surface area contributed by atoms with E-state index in [1.807, 2.05) is 0 Å². The van der Waals surface area contributed by atoms with Crippen LogP contribution in [-0.4, -0.2) is 40.4 Å². The van der Waals surface area contributed by atoms with Crippen LogP contribution in [0.4, 0.5) is 0 Å². The molecule has 0 saturated carbocycles. The normalized spacial score (nSPS) is 11.4. The predicted molar refractivity (Wildman–Crippen MR) is 119 cm³/mol. The molecule has 0 N–H and O–H groups in total. The number of hydrogen-bond donors (Lipinski definition) is 0. The van der Waals surface area contributed by atoms with Gasteiger partial charge in [-0.25, -0.2) is 0 Å². The molecule has 32 heavy (non-hydrogen) atoms. The molecule has 0 heterocycles. The van der Waals surface area contributed by atoms with Gasteiger partial charge in [-0.2, -0.15) is 0 Å². The molecule has 8 heteroatoms. The van der Waals surface area contributed by atoms with E-state index in [9.17, 15) is 9.59 Å². The zero-order valence-electron chi connectivity index (χ0n) is 18.9. The number of carbonyl (C=O) groups excluding carboxylic acids is 2. The summed E-state index contributed by atoms with van der Waals surface area (Å²) >= 11 is 0. The van der Waals surface area contributed by atoms with Gasteiger partial charge in [0.1, 0.15) is 23.0 Å². The van der Waals surface area contributed by atoms with E-state index in [0.717, 1.165) is 0 Å². The summed E-state index contributed by atoms with van der Waals surface area (Å²) < 4.78 is 31.9. The Labute approximate surface area is 186 Å². The second kappa shape index (κ2) is 11.5. The van der Waals surface area contributed by atoms with E-state index < -0.39 is 11.9 Å². The molecule has 0 fully saturated rings. The Balaban J connectivity index is 2.67. The van der Waals surface area contributed by atoms with Crippen molar-refractivity contribution in [3.63, 3.8) is 0 Å². The molecular weight excluding hydrogens is 416 g/mol. The van der Waals surface area contributed by atoms with Gasteiger partial charge in [-0.3, -0.25) is 9.59 Å². The van der Waals surface area contributed by atoms with Crippen molar-refractivity contribution in [2.75, 3.05) is 28.4 Å². The van der Waals surface area contributed by atoms with Gasteiger partial charge >= 0.3 is 11.9 Å². The minimum Gasteiger partial charge on any atom is -0.497 e. The molecule has 8 nitrogen and oxygen atoms in total. The van der Waals surface area contributed by atoms with Crippen molar-refractivity contribution in [2.45, 2.75) is 13.8 Å². The molecule has 0 bridgehead atoms. The largest absolute Gasteiger partial charge is 0.497 e. The minimum absolute atomic E-state index is 0.0183. The number of methoxy groups -OCH3 is 4. The summed E-state index contributed by atoms with van der Waals surface area (Å²) in [7, 11) is 6.09. The average molecular weight is 442 g/mol. The van der Waals surface area contributed by atoms with E-state index in [-0.39, 0.29) is 11.5 Å². The van der Waals surface area contributed by atoms with Crippen molar-refractivity contribution in [1.29, 1.82) is 0 Å². The van der Waals surface area contributed by atoms with Gasteiger partial charge in [0.05, 0.1) is 28.4 Å².